The van der Waals surface area contributed by atoms with E-state index >= 15 is 0 Å². The van der Waals surface area contributed by atoms with Crippen LogP contribution >= 0.6 is 11.3 Å². The van der Waals surface area contributed by atoms with Crippen molar-refractivity contribution < 1.29 is 0 Å². The molecule has 1 N–H and O–H groups in total. The Morgan fingerprint density at radius 3 is 3.00 bits per heavy atom. The highest BCUT2D eigenvalue weighted by Gasteiger charge is 2.17. The zero-order valence-corrected chi connectivity index (χ0v) is 9.39. The summed E-state index contributed by atoms with van der Waals surface area (Å²) in [5.41, 5.74) is 4.64. The maximum atomic E-state index is 4.49. The highest BCUT2D eigenvalue weighted by Crippen LogP contribution is 2.31. The van der Waals surface area contributed by atoms with Gasteiger partial charge in [-0.05, 0) is 43.5 Å². The molecule has 0 radical (unpaired) electrons. The fraction of sp³-hybridized carbons (Fsp3) is 0.417. The zero-order chi connectivity index (χ0) is 10.1. The van der Waals surface area contributed by atoms with Crippen molar-refractivity contribution in [2.24, 2.45) is 0 Å². The molecule has 0 aliphatic carbocycles. The van der Waals surface area contributed by atoms with Crippen LogP contribution in [0.4, 0.5) is 0 Å². The predicted molar refractivity (Wildman–Crippen MR) is 64.5 cm³/mol. The van der Waals surface area contributed by atoms with E-state index in [0.29, 0.717) is 5.92 Å². The lowest BCUT2D eigenvalue weighted by atomic mass is 9.90. The monoisotopic (exact) mass is 218 g/mol. The molecule has 1 aromatic carbocycles. The number of fused-ring (bicyclic) bond motifs is 1. The van der Waals surface area contributed by atoms with Crippen LogP contribution in [0.15, 0.2) is 23.7 Å². The average Bonchev–Trinajstić information content (AvgIpc) is 2.78. The minimum atomic E-state index is 0.706. The molecule has 1 fully saturated rings. The van der Waals surface area contributed by atoms with Crippen molar-refractivity contribution in [3.8, 4) is 0 Å². The Labute approximate surface area is 93.3 Å². The largest absolute Gasteiger partial charge is 0.317 e. The summed E-state index contributed by atoms with van der Waals surface area (Å²) >= 11 is 1.74. The molecule has 0 bridgehead atoms. The number of aromatic nitrogens is 1. The van der Waals surface area contributed by atoms with Crippen LogP contribution in [-0.4, -0.2) is 18.1 Å². The van der Waals surface area contributed by atoms with Crippen LogP contribution in [-0.2, 0) is 0 Å². The summed E-state index contributed by atoms with van der Waals surface area (Å²) in [5.74, 6) is 0.706. The molecular weight excluding hydrogens is 204 g/mol. The van der Waals surface area contributed by atoms with Crippen molar-refractivity contribution in [2.75, 3.05) is 13.1 Å². The molecule has 0 saturated carbocycles. The van der Waals surface area contributed by atoms with E-state index in [1.165, 1.54) is 28.6 Å². The van der Waals surface area contributed by atoms with Gasteiger partial charge in [-0.15, -0.1) is 11.3 Å². The molecule has 0 amide bonds. The first kappa shape index (κ1) is 9.31. The van der Waals surface area contributed by atoms with Crippen LogP contribution in [0.5, 0.6) is 0 Å². The summed E-state index contributed by atoms with van der Waals surface area (Å²) in [6.45, 7) is 2.29. The van der Waals surface area contributed by atoms with E-state index in [4.69, 9.17) is 0 Å². The Balaban J connectivity index is 2.05. The molecule has 1 aromatic heterocycles. The molecule has 2 nitrogen and oxygen atoms in total. The fourth-order valence-corrected chi connectivity index (χ4v) is 3.08. The van der Waals surface area contributed by atoms with Crippen molar-refractivity contribution in [1.29, 1.82) is 0 Å². The minimum absolute atomic E-state index is 0.706. The first-order chi connectivity index (χ1) is 7.45. The van der Waals surface area contributed by atoms with Gasteiger partial charge >= 0.3 is 0 Å². The number of nitrogens with one attached hydrogen (secondary N) is 1. The SMILES string of the molecule is c1cc(C2CCNCC2)c2ncsc2c1. The Morgan fingerprint density at radius 1 is 1.27 bits per heavy atom. The highest BCUT2D eigenvalue weighted by atomic mass is 32.1. The minimum Gasteiger partial charge on any atom is -0.317 e. The average molecular weight is 218 g/mol. The molecular formula is C12H14N2S. The number of hydrogen-bond donors (Lipinski definition) is 1. The van der Waals surface area contributed by atoms with Gasteiger partial charge in [0.2, 0.25) is 0 Å². The molecule has 1 aliphatic rings. The number of piperidine rings is 1. The van der Waals surface area contributed by atoms with E-state index in [2.05, 4.69) is 28.5 Å². The molecule has 2 aromatic rings. The Morgan fingerprint density at radius 2 is 2.13 bits per heavy atom. The van der Waals surface area contributed by atoms with E-state index in [1.807, 2.05) is 5.51 Å². The second-order valence-corrected chi connectivity index (χ2v) is 4.96. The van der Waals surface area contributed by atoms with Gasteiger partial charge in [0.25, 0.3) is 0 Å². The van der Waals surface area contributed by atoms with Crippen LogP contribution in [0.2, 0.25) is 0 Å². The molecule has 2 heterocycles. The number of benzene rings is 1. The van der Waals surface area contributed by atoms with Gasteiger partial charge in [0.1, 0.15) is 0 Å². The predicted octanol–water partition coefficient (Wildman–Crippen LogP) is 2.76. The molecule has 1 saturated heterocycles. The molecule has 1 aliphatic heterocycles. The topological polar surface area (TPSA) is 24.9 Å². The van der Waals surface area contributed by atoms with E-state index < -0.39 is 0 Å². The summed E-state index contributed by atoms with van der Waals surface area (Å²) in [4.78, 5) is 4.49. The lowest BCUT2D eigenvalue weighted by Crippen LogP contribution is -2.26. The van der Waals surface area contributed by atoms with Crippen LogP contribution < -0.4 is 5.32 Å². The molecule has 15 heavy (non-hydrogen) atoms. The second-order valence-electron chi connectivity index (χ2n) is 4.07. The maximum absolute atomic E-state index is 4.49. The van der Waals surface area contributed by atoms with Crippen molar-refractivity contribution in [1.82, 2.24) is 10.3 Å². The van der Waals surface area contributed by atoms with E-state index in [-0.39, 0.29) is 0 Å². The first-order valence-electron chi connectivity index (χ1n) is 5.48. The number of hydrogen-bond acceptors (Lipinski definition) is 3. The quantitative estimate of drug-likeness (QED) is 0.796. The van der Waals surface area contributed by atoms with Crippen molar-refractivity contribution in [3.05, 3.63) is 29.3 Å². The van der Waals surface area contributed by atoms with Crippen molar-refractivity contribution >= 4 is 21.6 Å². The fourth-order valence-electron chi connectivity index (χ4n) is 2.37. The third kappa shape index (κ3) is 1.66. The number of para-hydroxylation sites is 1. The Bertz CT molecular complexity index is 457. The Hall–Kier alpha value is -0.930. The molecule has 78 valence electrons. The highest BCUT2D eigenvalue weighted by molar-refractivity contribution is 7.16. The third-order valence-electron chi connectivity index (χ3n) is 3.17. The summed E-state index contributed by atoms with van der Waals surface area (Å²) in [6.07, 6.45) is 2.49. The number of rotatable bonds is 1. The number of nitrogens with zero attached hydrogens (tertiary/aromatic N) is 1. The molecule has 0 atom stereocenters. The van der Waals surface area contributed by atoms with Gasteiger partial charge in [-0.25, -0.2) is 4.98 Å². The zero-order valence-electron chi connectivity index (χ0n) is 8.57. The smallest absolute Gasteiger partial charge is 0.0846 e. The first-order valence-corrected chi connectivity index (χ1v) is 6.36. The lowest BCUT2D eigenvalue weighted by molar-refractivity contribution is 0.462. The summed E-state index contributed by atoms with van der Waals surface area (Å²) in [6, 6.07) is 6.58. The van der Waals surface area contributed by atoms with Gasteiger partial charge in [-0.3, -0.25) is 0 Å². The number of thiazole rings is 1. The van der Waals surface area contributed by atoms with Gasteiger partial charge in [0, 0.05) is 0 Å². The van der Waals surface area contributed by atoms with E-state index in [1.54, 1.807) is 11.3 Å². The van der Waals surface area contributed by atoms with Crippen LogP contribution in [0.1, 0.15) is 24.3 Å². The van der Waals surface area contributed by atoms with E-state index in [0.717, 1.165) is 13.1 Å². The molecule has 3 heteroatoms. The van der Waals surface area contributed by atoms with Gasteiger partial charge in [0.15, 0.2) is 0 Å². The van der Waals surface area contributed by atoms with Gasteiger partial charge in [0.05, 0.1) is 15.7 Å². The lowest BCUT2D eigenvalue weighted by Gasteiger charge is -2.23. The van der Waals surface area contributed by atoms with Crippen molar-refractivity contribution in [3.63, 3.8) is 0 Å². The van der Waals surface area contributed by atoms with E-state index in [9.17, 15) is 0 Å². The van der Waals surface area contributed by atoms with Gasteiger partial charge < -0.3 is 5.32 Å². The van der Waals surface area contributed by atoms with Crippen LogP contribution in [0.3, 0.4) is 0 Å². The van der Waals surface area contributed by atoms with Crippen LogP contribution in [0, 0.1) is 0 Å². The van der Waals surface area contributed by atoms with Gasteiger partial charge in [-0.1, -0.05) is 12.1 Å². The molecule has 0 spiro atoms. The maximum Gasteiger partial charge on any atom is 0.0846 e. The summed E-state index contributed by atoms with van der Waals surface area (Å²) in [7, 11) is 0. The standard InChI is InChI=1S/C12H14N2S/c1-2-10(9-4-6-13-7-5-9)12-11(3-1)15-8-14-12/h1-3,8-9,13H,4-7H2. The summed E-state index contributed by atoms with van der Waals surface area (Å²) < 4.78 is 1.33. The molecule has 3 rings (SSSR count). The second kappa shape index (κ2) is 3.91. The van der Waals surface area contributed by atoms with Crippen LogP contribution in [0.25, 0.3) is 10.2 Å². The Kier molecular flexibility index (Phi) is 2.43. The normalized spacial score (nSPS) is 18.4. The molecule has 0 unspecified atom stereocenters. The third-order valence-corrected chi connectivity index (χ3v) is 3.96. The van der Waals surface area contributed by atoms with Gasteiger partial charge in [-0.2, -0.15) is 0 Å². The summed E-state index contributed by atoms with van der Waals surface area (Å²) in [5, 5.41) is 3.41. The van der Waals surface area contributed by atoms with Crippen molar-refractivity contribution in [2.45, 2.75) is 18.8 Å².